The molecule has 0 heterocycles. The first-order valence-electron chi connectivity index (χ1n) is 11.9. The quantitative estimate of drug-likeness (QED) is 0.183. The smallest absolute Gasteiger partial charge is 0.333 e. The van der Waals surface area contributed by atoms with Crippen LogP contribution in [-0.4, -0.2) is 67.2 Å². The molecule has 37 heavy (non-hydrogen) atoms. The number of nitrogens with one attached hydrogen (secondary N) is 1. The fraction of sp³-hybridized carbons (Fsp3) is 0.423. The second-order valence-corrected chi connectivity index (χ2v) is 9.40. The summed E-state index contributed by atoms with van der Waals surface area (Å²) >= 11 is 0. The van der Waals surface area contributed by atoms with Gasteiger partial charge in [-0.05, 0) is 68.8 Å². The molecule has 2 aromatic rings. The molecule has 2 aromatic carbocycles. The Bertz CT molecular complexity index is 1120. The van der Waals surface area contributed by atoms with Gasteiger partial charge in [0.15, 0.2) is 11.6 Å². The number of sulfonamides is 1. The molecule has 0 aliphatic carbocycles. The molecule has 0 saturated carbocycles. The van der Waals surface area contributed by atoms with Gasteiger partial charge in [0, 0.05) is 18.7 Å². The molecule has 0 spiro atoms. The third-order valence-corrected chi connectivity index (χ3v) is 6.26. The first-order valence-corrected chi connectivity index (χ1v) is 13.4. The van der Waals surface area contributed by atoms with Crippen LogP contribution in [0, 0.1) is 5.82 Å². The number of carbonyl (C=O) groups is 1. The summed E-state index contributed by atoms with van der Waals surface area (Å²) in [6.07, 6.45) is 1.51. The van der Waals surface area contributed by atoms with Crippen LogP contribution in [-0.2, 0) is 33.8 Å². The maximum absolute atomic E-state index is 14.5. The van der Waals surface area contributed by atoms with Crippen molar-refractivity contribution in [3.63, 3.8) is 0 Å². The van der Waals surface area contributed by atoms with Crippen molar-refractivity contribution < 1.29 is 41.3 Å². The average Bonchev–Trinajstić information content (AvgIpc) is 2.87. The fourth-order valence-corrected chi connectivity index (χ4v) is 3.99. The fourth-order valence-electron chi connectivity index (χ4n) is 2.97. The monoisotopic (exact) mass is 539 g/mol. The molecule has 0 fully saturated rings. The lowest BCUT2D eigenvalue weighted by Crippen LogP contribution is -2.27. The van der Waals surface area contributed by atoms with Crippen molar-refractivity contribution in [3.05, 3.63) is 59.4 Å². The number of hydrogen-bond acceptors (Lipinski definition) is 8. The van der Waals surface area contributed by atoms with Crippen molar-refractivity contribution in [2.24, 2.45) is 0 Å². The Hall–Kier alpha value is -2.83. The van der Waals surface area contributed by atoms with Crippen molar-refractivity contribution in [2.75, 3.05) is 52.8 Å². The molecule has 0 atom stereocenters. The van der Waals surface area contributed by atoms with E-state index in [0.29, 0.717) is 44.2 Å². The van der Waals surface area contributed by atoms with Gasteiger partial charge in [0.2, 0.25) is 10.0 Å². The third kappa shape index (κ3) is 11.0. The van der Waals surface area contributed by atoms with Gasteiger partial charge in [-0.2, -0.15) is 0 Å². The number of carbonyl (C=O) groups excluding carboxylic acids is 1. The first-order chi connectivity index (χ1) is 17.8. The molecule has 0 radical (unpaired) electrons. The predicted molar refractivity (Wildman–Crippen MR) is 137 cm³/mol. The Kier molecular flexibility index (Phi) is 13.2. The summed E-state index contributed by atoms with van der Waals surface area (Å²) < 4.78 is 68.2. The molecule has 204 valence electrons. The third-order valence-electron chi connectivity index (χ3n) is 4.78. The molecule has 0 unspecified atom stereocenters. The van der Waals surface area contributed by atoms with E-state index in [1.54, 1.807) is 19.9 Å². The highest BCUT2D eigenvalue weighted by molar-refractivity contribution is 7.89. The Morgan fingerprint density at radius 1 is 0.919 bits per heavy atom. The average molecular weight is 540 g/mol. The highest BCUT2D eigenvalue weighted by Crippen LogP contribution is 2.27. The summed E-state index contributed by atoms with van der Waals surface area (Å²) in [6.45, 7) is 8.13. The Labute approximate surface area is 217 Å². The van der Waals surface area contributed by atoms with Gasteiger partial charge in [-0.15, -0.1) is 0 Å². The maximum Gasteiger partial charge on any atom is 0.333 e. The lowest BCUT2D eigenvalue weighted by Gasteiger charge is -2.10. The molecule has 0 bridgehead atoms. The number of benzene rings is 2. The number of ether oxygens (including phenoxy) is 5. The van der Waals surface area contributed by atoms with Gasteiger partial charge in [0.25, 0.3) is 0 Å². The molecule has 9 nitrogen and oxygen atoms in total. The van der Waals surface area contributed by atoms with Crippen LogP contribution in [0.1, 0.15) is 26.3 Å². The van der Waals surface area contributed by atoms with E-state index in [-0.39, 0.29) is 36.2 Å². The molecule has 0 saturated heterocycles. The van der Waals surface area contributed by atoms with Gasteiger partial charge in [0.1, 0.15) is 5.75 Å². The van der Waals surface area contributed by atoms with E-state index in [2.05, 4.69) is 4.72 Å². The topological polar surface area (TPSA) is 109 Å². The van der Waals surface area contributed by atoms with Gasteiger partial charge < -0.3 is 23.7 Å². The van der Waals surface area contributed by atoms with Crippen molar-refractivity contribution in [1.82, 2.24) is 4.72 Å². The van der Waals surface area contributed by atoms with Crippen molar-refractivity contribution in [1.29, 1.82) is 0 Å². The van der Waals surface area contributed by atoms with Crippen LogP contribution in [0.15, 0.2) is 52.9 Å². The number of halogens is 1. The Morgan fingerprint density at radius 3 is 2.19 bits per heavy atom. The van der Waals surface area contributed by atoms with Crippen molar-refractivity contribution in [2.45, 2.75) is 25.7 Å². The van der Waals surface area contributed by atoms with Crippen LogP contribution >= 0.6 is 0 Å². The summed E-state index contributed by atoms with van der Waals surface area (Å²) in [7, 11) is -3.75. The van der Waals surface area contributed by atoms with E-state index in [4.69, 9.17) is 23.7 Å². The lowest BCUT2D eigenvalue weighted by molar-refractivity contribution is -0.138. The summed E-state index contributed by atoms with van der Waals surface area (Å²) in [5.74, 6) is -0.891. The Morgan fingerprint density at radius 2 is 1.57 bits per heavy atom. The summed E-state index contributed by atoms with van der Waals surface area (Å²) in [5.41, 5.74) is 0.815. The largest absolute Gasteiger partial charge is 0.463 e. The second kappa shape index (κ2) is 16.1. The van der Waals surface area contributed by atoms with E-state index in [0.717, 1.165) is 0 Å². The van der Waals surface area contributed by atoms with E-state index in [1.165, 1.54) is 42.5 Å². The lowest BCUT2D eigenvalue weighted by atomic mass is 10.1. The molecular weight excluding hydrogens is 505 g/mol. The second-order valence-electron chi connectivity index (χ2n) is 7.63. The van der Waals surface area contributed by atoms with E-state index >= 15 is 0 Å². The maximum atomic E-state index is 14.5. The molecule has 0 aromatic heterocycles. The molecule has 1 N–H and O–H groups in total. The molecule has 0 aliphatic rings. The summed E-state index contributed by atoms with van der Waals surface area (Å²) in [4.78, 5) is 11.8. The predicted octanol–water partition coefficient (Wildman–Crippen LogP) is 3.93. The standard InChI is InChI=1S/C26H34FNO8S/c1-4-32-14-15-34-17-16-33-13-12-28-37(30,31)23-9-7-22(8-10-23)36-25-11-6-21(19-24(25)27)18-20(3)26(29)35-5-2/h6-11,18-19,28H,4-5,12-17H2,1-3H3/b20-18+. The van der Waals surface area contributed by atoms with Gasteiger partial charge in [-0.25, -0.2) is 22.3 Å². The van der Waals surface area contributed by atoms with Crippen molar-refractivity contribution in [3.8, 4) is 11.5 Å². The van der Waals surface area contributed by atoms with E-state index < -0.39 is 21.8 Å². The van der Waals surface area contributed by atoms with Crippen LogP contribution in [0.5, 0.6) is 11.5 Å². The van der Waals surface area contributed by atoms with Gasteiger partial charge in [-0.3, -0.25) is 0 Å². The molecule has 0 amide bonds. The first kappa shape index (κ1) is 30.4. The van der Waals surface area contributed by atoms with Crippen LogP contribution in [0.3, 0.4) is 0 Å². The van der Waals surface area contributed by atoms with Crippen LogP contribution in [0.4, 0.5) is 4.39 Å². The van der Waals surface area contributed by atoms with Gasteiger partial charge in [-0.1, -0.05) is 6.07 Å². The molecule has 11 heteroatoms. The molecule has 2 rings (SSSR count). The highest BCUT2D eigenvalue weighted by Gasteiger charge is 2.14. The van der Waals surface area contributed by atoms with Crippen LogP contribution in [0.2, 0.25) is 0 Å². The highest BCUT2D eigenvalue weighted by atomic mass is 32.2. The van der Waals surface area contributed by atoms with Crippen LogP contribution in [0.25, 0.3) is 6.08 Å². The van der Waals surface area contributed by atoms with Gasteiger partial charge >= 0.3 is 5.97 Å². The van der Waals surface area contributed by atoms with E-state index in [1.807, 2.05) is 6.92 Å². The zero-order valence-electron chi connectivity index (χ0n) is 21.3. The zero-order valence-corrected chi connectivity index (χ0v) is 22.1. The summed E-state index contributed by atoms with van der Waals surface area (Å²) in [6, 6.07) is 9.85. The van der Waals surface area contributed by atoms with Gasteiger partial charge in [0.05, 0.1) is 44.5 Å². The summed E-state index contributed by atoms with van der Waals surface area (Å²) in [5, 5.41) is 0. The number of esters is 1. The molecule has 0 aliphatic heterocycles. The van der Waals surface area contributed by atoms with Crippen LogP contribution < -0.4 is 9.46 Å². The number of rotatable bonds is 17. The minimum Gasteiger partial charge on any atom is -0.463 e. The zero-order chi connectivity index (χ0) is 27.1. The number of hydrogen-bond donors (Lipinski definition) is 1. The minimum atomic E-state index is -3.75. The van der Waals surface area contributed by atoms with E-state index in [9.17, 15) is 17.6 Å². The normalized spacial score (nSPS) is 11.9. The Balaban J connectivity index is 1.83. The minimum absolute atomic E-state index is 0.0366. The SMILES string of the molecule is CCOCCOCCOCCNS(=O)(=O)c1ccc(Oc2ccc(/C=C(\C)C(=O)OCC)cc2F)cc1. The molecular formula is C26H34FNO8S. The van der Waals surface area contributed by atoms with Crippen molar-refractivity contribution >= 4 is 22.1 Å².